The Hall–Kier alpha value is -1.75. The molecule has 0 aliphatic rings. The Labute approximate surface area is 231 Å². The molecule has 14 nitrogen and oxygen atoms in total. The minimum absolute atomic E-state index is 0.0198. The molecule has 0 aliphatic carbocycles. The number of hydrogen-bond donors (Lipinski definition) is 1. The number of carboxylic acid groups (broad SMARTS) is 1. The van der Waals surface area contributed by atoms with Crippen LogP contribution in [-0.4, -0.2) is 161 Å². The van der Waals surface area contributed by atoms with Gasteiger partial charge in [-0.1, -0.05) is 0 Å². The van der Waals surface area contributed by atoms with Gasteiger partial charge in [0.25, 0.3) is 0 Å². The van der Waals surface area contributed by atoms with Gasteiger partial charge in [-0.3, -0.25) is 9.59 Å². The third-order valence-corrected chi connectivity index (χ3v) is 4.57. The molecule has 0 aromatic carbocycles. The highest BCUT2D eigenvalue weighted by molar-refractivity contribution is 6.32. The van der Waals surface area contributed by atoms with Crippen molar-refractivity contribution in [3.05, 3.63) is 0 Å². The summed E-state index contributed by atoms with van der Waals surface area (Å²) >= 11 is 0. The predicted octanol–water partition coefficient (Wildman–Crippen LogP) is -0.342. The number of nitrogens with zero attached hydrogens (tertiary/aromatic N) is 1. The van der Waals surface area contributed by atoms with Crippen LogP contribution in [0.15, 0.2) is 0 Å². The Bertz CT molecular complexity index is 592. The molecule has 0 spiro atoms. The van der Waals surface area contributed by atoms with Gasteiger partial charge in [0.2, 0.25) is 5.78 Å². The molecule has 0 atom stereocenters. The summed E-state index contributed by atoms with van der Waals surface area (Å²) in [6, 6.07) is 0. The molecule has 14 heteroatoms. The van der Waals surface area contributed by atoms with Crippen LogP contribution in [0, 0.1) is 0 Å². The number of aliphatic carboxylic acids is 1. The van der Waals surface area contributed by atoms with E-state index >= 15 is 0 Å². The predicted molar refractivity (Wildman–Crippen MR) is 138 cm³/mol. The molecule has 0 unspecified atom stereocenters. The minimum atomic E-state index is -1.56. The van der Waals surface area contributed by atoms with Crippen molar-refractivity contribution < 1.29 is 62.1 Å². The summed E-state index contributed by atoms with van der Waals surface area (Å²) in [7, 11) is 4.01. The van der Waals surface area contributed by atoms with Crippen molar-refractivity contribution in [2.75, 3.05) is 133 Å². The lowest BCUT2D eigenvalue weighted by molar-refractivity contribution is -0.151. The number of ether oxygens (including phenoxy) is 9. The molecule has 0 heterocycles. The molecular weight excluding hydrogens is 522 g/mol. The van der Waals surface area contributed by atoms with Crippen LogP contribution in [0.1, 0.15) is 12.8 Å². The first-order valence-electron chi connectivity index (χ1n) is 13.1. The number of Topliss-reactive ketones (excluding diaryl/α,β-unsaturated/α-hetero) is 1. The molecule has 0 aliphatic heterocycles. The highest BCUT2D eigenvalue weighted by Gasteiger charge is 2.14. The third kappa shape index (κ3) is 30.6. The maximum atomic E-state index is 11.3. The summed E-state index contributed by atoms with van der Waals surface area (Å²) in [5.74, 6) is -3.23. The number of hydrogen-bond acceptors (Lipinski definition) is 13. The first-order chi connectivity index (χ1) is 18.9. The molecule has 0 amide bonds. The number of carbonyl (C=O) groups is 3. The van der Waals surface area contributed by atoms with Crippen molar-refractivity contribution >= 4 is 17.7 Å². The van der Waals surface area contributed by atoms with Crippen molar-refractivity contribution in [2.24, 2.45) is 0 Å². The highest BCUT2D eigenvalue weighted by atomic mass is 16.6. The van der Waals surface area contributed by atoms with E-state index in [0.717, 1.165) is 6.54 Å². The van der Waals surface area contributed by atoms with Crippen LogP contribution >= 0.6 is 0 Å². The van der Waals surface area contributed by atoms with Crippen molar-refractivity contribution in [3.63, 3.8) is 0 Å². The van der Waals surface area contributed by atoms with Crippen LogP contribution in [0.4, 0.5) is 0 Å². The fourth-order valence-electron chi connectivity index (χ4n) is 2.50. The van der Waals surface area contributed by atoms with E-state index in [4.69, 9.17) is 47.7 Å². The van der Waals surface area contributed by atoms with E-state index in [-0.39, 0.29) is 26.1 Å². The third-order valence-electron chi connectivity index (χ3n) is 4.57. The molecule has 230 valence electrons. The van der Waals surface area contributed by atoms with Crippen molar-refractivity contribution in [2.45, 2.75) is 12.8 Å². The second kappa shape index (κ2) is 29.2. The van der Waals surface area contributed by atoms with Crippen molar-refractivity contribution in [1.82, 2.24) is 4.90 Å². The summed E-state index contributed by atoms with van der Waals surface area (Å²) in [6.07, 6.45) is -0.650. The molecule has 0 radical (unpaired) electrons. The fourth-order valence-corrected chi connectivity index (χ4v) is 2.50. The lowest BCUT2D eigenvalue weighted by Crippen LogP contribution is -2.19. The number of carbonyl (C=O) groups excluding carboxylic acids is 2. The molecule has 0 rings (SSSR count). The number of carboxylic acids is 1. The number of esters is 1. The van der Waals surface area contributed by atoms with Crippen LogP contribution in [0.25, 0.3) is 0 Å². The van der Waals surface area contributed by atoms with Gasteiger partial charge in [-0.25, -0.2) is 4.79 Å². The SMILES string of the molecule is CN(C)CCOCCOCCOCCOCCOCCOCCOCCOCCOC(=O)CCC(=O)C(=O)O. The summed E-state index contributed by atoms with van der Waals surface area (Å²) in [4.78, 5) is 34.6. The summed E-state index contributed by atoms with van der Waals surface area (Å²) in [6.45, 7) is 8.39. The van der Waals surface area contributed by atoms with Gasteiger partial charge in [0.15, 0.2) is 0 Å². The monoisotopic (exact) mass is 569 g/mol. The minimum Gasteiger partial charge on any atom is -0.476 e. The molecular formula is C25H47NO13. The van der Waals surface area contributed by atoms with E-state index in [1.807, 2.05) is 14.1 Å². The zero-order chi connectivity index (χ0) is 28.8. The summed E-state index contributed by atoms with van der Waals surface area (Å²) in [5, 5.41) is 8.42. The lowest BCUT2D eigenvalue weighted by atomic mass is 10.2. The van der Waals surface area contributed by atoms with Gasteiger partial charge >= 0.3 is 11.9 Å². The van der Waals surface area contributed by atoms with Crippen LogP contribution in [0.2, 0.25) is 0 Å². The van der Waals surface area contributed by atoms with E-state index in [0.29, 0.717) is 99.1 Å². The van der Waals surface area contributed by atoms with E-state index in [1.165, 1.54) is 0 Å². The Morgan fingerprint density at radius 1 is 0.487 bits per heavy atom. The second-order valence-electron chi connectivity index (χ2n) is 8.15. The number of likely N-dealkylation sites (N-methyl/N-ethyl adjacent to an activating group) is 1. The standard InChI is InChI=1S/C25H47NO13/c1-26(2)5-6-31-7-8-32-9-10-33-11-12-34-13-14-35-15-16-36-17-18-37-19-20-38-21-22-39-24(28)4-3-23(27)25(29)30/h3-22H2,1-2H3,(H,29,30). The van der Waals surface area contributed by atoms with Gasteiger partial charge in [0.1, 0.15) is 6.61 Å². The molecule has 0 saturated carbocycles. The normalized spacial score (nSPS) is 11.3. The van der Waals surface area contributed by atoms with Crippen molar-refractivity contribution in [1.29, 1.82) is 0 Å². The largest absolute Gasteiger partial charge is 0.476 e. The number of ketones is 1. The van der Waals surface area contributed by atoms with Gasteiger partial charge in [0.05, 0.1) is 112 Å². The van der Waals surface area contributed by atoms with Crippen LogP contribution in [0.5, 0.6) is 0 Å². The molecule has 0 aromatic heterocycles. The maximum absolute atomic E-state index is 11.3. The second-order valence-corrected chi connectivity index (χ2v) is 8.15. The zero-order valence-corrected chi connectivity index (χ0v) is 23.4. The van der Waals surface area contributed by atoms with Gasteiger partial charge in [-0.05, 0) is 14.1 Å². The molecule has 39 heavy (non-hydrogen) atoms. The van der Waals surface area contributed by atoms with Crippen LogP contribution in [-0.2, 0) is 57.0 Å². The van der Waals surface area contributed by atoms with Gasteiger partial charge in [-0.15, -0.1) is 0 Å². The first kappa shape index (κ1) is 37.2. The highest BCUT2D eigenvalue weighted by Crippen LogP contribution is 1.95. The summed E-state index contributed by atoms with van der Waals surface area (Å²) in [5.41, 5.74) is 0. The lowest BCUT2D eigenvalue weighted by Gasteiger charge is -2.10. The molecule has 0 saturated heterocycles. The molecule has 0 fully saturated rings. The molecule has 0 aromatic rings. The maximum Gasteiger partial charge on any atom is 0.372 e. The van der Waals surface area contributed by atoms with Gasteiger partial charge < -0.3 is 52.6 Å². The average molecular weight is 570 g/mol. The van der Waals surface area contributed by atoms with E-state index < -0.39 is 17.7 Å². The topological polar surface area (TPSA) is 158 Å². The van der Waals surface area contributed by atoms with Crippen molar-refractivity contribution in [3.8, 4) is 0 Å². The Kier molecular flexibility index (Phi) is 27.9. The van der Waals surface area contributed by atoms with E-state index in [2.05, 4.69) is 4.90 Å². The Balaban J connectivity index is 3.14. The zero-order valence-electron chi connectivity index (χ0n) is 23.4. The summed E-state index contributed by atoms with van der Waals surface area (Å²) < 4.78 is 47.9. The molecule has 1 N–H and O–H groups in total. The van der Waals surface area contributed by atoms with Gasteiger partial charge in [-0.2, -0.15) is 0 Å². The van der Waals surface area contributed by atoms with E-state index in [1.54, 1.807) is 0 Å². The van der Waals surface area contributed by atoms with E-state index in [9.17, 15) is 14.4 Å². The molecule has 0 bridgehead atoms. The first-order valence-corrected chi connectivity index (χ1v) is 13.1. The fraction of sp³-hybridized carbons (Fsp3) is 0.880. The van der Waals surface area contributed by atoms with Crippen LogP contribution in [0.3, 0.4) is 0 Å². The Morgan fingerprint density at radius 3 is 1.10 bits per heavy atom. The Morgan fingerprint density at radius 2 is 0.795 bits per heavy atom. The average Bonchev–Trinajstić information content (AvgIpc) is 2.90. The van der Waals surface area contributed by atoms with Gasteiger partial charge in [0, 0.05) is 13.0 Å². The quantitative estimate of drug-likeness (QED) is 0.0656. The number of rotatable bonds is 31. The van der Waals surface area contributed by atoms with Crippen LogP contribution < -0.4 is 0 Å². The smallest absolute Gasteiger partial charge is 0.372 e.